The average Bonchev–Trinajstić information content (AvgIpc) is 3.71. The third-order valence-corrected chi connectivity index (χ3v) is 14.1. The van der Waals surface area contributed by atoms with Crippen LogP contribution in [-0.4, -0.2) is 85.3 Å². The molecule has 0 bridgehead atoms. The fraction of sp³-hybridized carbons (Fsp3) is 0.917. The van der Waals surface area contributed by atoms with E-state index in [0.717, 1.165) is 58.0 Å². The molecule has 0 aromatic rings. The SMILES string of the molecule is C[C@]12CC[C@@]3(C[C@H]1CC[C@@H]1[C@@H]2CC[C@]2(C)C(=O)CC[C@@H]12)CN(CC(CN1CCOCC1)OC(=O)CCC1CCCC1)C(=O)O3. The van der Waals surface area contributed by atoms with Gasteiger partial charge in [-0.05, 0) is 92.8 Å². The number of Topliss-reactive ketones (excluding diaryl/α,β-unsaturated/α-hetero) is 1. The normalized spacial score (nSPS) is 41.7. The molecule has 0 N–H and O–H groups in total. The first-order valence-electron chi connectivity index (χ1n) is 18.2. The maximum Gasteiger partial charge on any atom is 0.410 e. The summed E-state index contributed by atoms with van der Waals surface area (Å²) in [6.07, 6.45) is 15.2. The van der Waals surface area contributed by atoms with Crippen molar-refractivity contribution in [2.24, 2.45) is 40.4 Å². The minimum Gasteiger partial charge on any atom is -0.459 e. The van der Waals surface area contributed by atoms with Crippen LogP contribution in [0.25, 0.3) is 0 Å². The monoisotopic (exact) mass is 612 g/mol. The van der Waals surface area contributed by atoms with Crippen LogP contribution >= 0.6 is 0 Å². The summed E-state index contributed by atoms with van der Waals surface area (Å²) in [5.41, 5.74) is -0.259. The fourth-order valence-corrected chi connectivity index (χ4v) is 11.5. The smallest absolute Gasteiger partial charge is 0.410 e. The molecule has 8 heteroatoms. The van der Waals surface area contributed by atoms with Gasteiger partial charge < -0.3 is 19.1 Å². The summed E-state index contributed by atoms with van der Waals surface area (Å²) in [6, 6.07) is 0. The number of ketones is 1. The lowest BCUT2D eigenvalue weighted by atomic mass is 9.44. The number of morpholine rings is 1. The van der Waals surface area contributed by atoms with Crippen molar-refractivity contribution in [2.75, 3.05) is 45.9 Å². The Morgan fingerprint density at radius 2 is 1.75 bits per heavy atom. The molecule has 0 aromatic heterocycles. The van der Waals surface area contributed by atoms with Crippen LogP contribution in [0.15, 0.2) is 0 Å². The number of hydrogen-bond donors (Lipinski definition) is 0. The highest BCUT2D eigenvalue weighted by Crippen LogP contribution is 2.66. The summed E-state index contributed by atoms with van der Waals surface area (Å²) in [6.45, 7) is 9.43. The third-order valence-electron chi connectivity index (χ3n) is 14.1. The number of carbonyl (C=O) groups excluding carboxylic acids is 3. The average molecular weight is 613 g/mol. The quantitative estimate of drug-likeness (QED) is 0.311. The first kappa shape index (κ1) is 31.0. The standard InChI is InChI=1S/C36H56N2O6/c1-34-15-16-36(21-26(34)8-9-28-29-10-11-31(39)35(29,2)14-13-30(28)34)24-38(33(41)44-36)23-27(22-37-17-19-42-20-18-37)43-32(40)12-7-25-5-3-4-6-25/h25-30H,3-24H2,1-2H3/t26-,27?,28+,29+,30+,34+,35+,36-/m1/s1. The lowest BCUT2D eigenvalue weighted by Gasteiger charge is -2.61. The van der Waals surface area contributed by atoms with E-state index < -0.39 is 5.60 Å². The number of nitrogens with zero attached hydrogens (tertiary/aromatic N) is 2. The van der Waals surface area contributed by atoms with E-state index in [2.05, 4.69) is 18.7 Å². The predicted octanol–water partition coefficient (Wildman–Crippen LogP) is 6.00. The van der Waals surface area contributed by atoms with Gasteiger partial charge in [-0.1, -0.05) is 39.5 Å². The molecule has 44 heavy (non-hydrogen) atoms. The molecule has 8 atom stereocenters. The van der Waals surface area contributed by atoms with E-state index >= 15 is 0 Å². The Morgan fingerprint density at radius 1 is 0.955 bits per heavy atom. The molecule has 2 aliphatic heterocycles. The Kier molecular flexibility index (Phi) is 8.56. The molecule has 0 radical (unpaired) electrons. The van der Waals surface area contributed by atoms with Crippen molar-refractivity contribution in [1.82, 2.24) is 9.80 Å². The van der Waals surface area contributed by atoms with Crippen LogP contribution in [0, 0.1) is 40.4 Å². The molecule has 8 nitrogen and oxygen atoms in total. The topological polar surface area (TPSA) is 85.4 Å². The number of hydrogen-bond acceptors (Lipinski definition) is 7. The Morgan fingerprint density at radius 3 is 2.55 bits per heavy atom. The second-order valence-electron chi connectivity index (χ2n) is 16.4. The van der Waals surface area contributed by atoms with Crippen LogP contribution in [-0.2, 0) is 23.8 Å². The highest BCUT2D eigenvalue weighted by Gasteiger charge is 2.63. The predicted molar refractivity (Wildman–Crippen MR) is 166 cm³/mol. The molecule has 1 unspecified atom stereocenters. The summed E-state index contributed by atoms with van der Waals surface area (Å²) < 4.78 is 18.0. The zero-order valence-electron chi connectivity index (χ0n) is 27.4. The Bertz CT molecular complexity index is 1100. The number of rotatable bonds is 8. The molecule has 246 valence electrons. The van der Waals surface area contributed by atoms with E-state index in [4.69, 9.17) is 14.2 Å². The second-order valence-corrected chi connectivity index (χ2v) is 16.4. The van der Waals surface area contributed by atoms with Gasteiger partial charge in [0.25, 0.3) is 0 Å². The molecular weight excluding hydrogens is 556 g/mol. The van der Waals surface area contributed by atoms with Gasteiger partial charge in [0.05, 0.1) is 26.3 Å². The van der Waals surface area contributed by atoms with Gasteiger partial charge in [-0.2, -0.15) is 0 Å². The summed E-state index contributed by atoms with van der Waals surface area (Å²) >= 11 is 0. The van der Waals surface area contributed by atoms with E-state index in [1.54, 1.807) is 0 Å². The second kappa shape index (κ2) is 12.2. The van der Waals surface area contributed by atoms with Crippen molar-refractivity contribution in [3.05, 3.63) is 0 Å². The molecule has 5 saturated carbocycles. The zero-order chi connectivity index (χ0) is 30.5. The summed E-state index contributed by atoms with van der Waals surface area (Å²) in [5.74, 6) is 3.49. The molecule has 5 aliphatic carbocycles. The van der Waals surface area contributed by atoms with E-state index in [1.165, 1.54) is 44.9 Å². The Labute approximate surface area is 264 Å². The van der Waals surface area contributed by atoms with Gasteiger partial charge in [-0.25, -0.2) is 4.79 Å². The Hall–Kier alpha value is -1.67. The van der Waals surface area contributed by atoms with Crippen molar-refractivity contribution >= 4 is 17.8 Å². The van der Waals surface area contributed by atoms with Gasteiger partial charge in [-0.3, -0.25) is 14.5 Å². The molecule has 7 rings (SSSR count). The molecule has 7 fully saturated rings. The molecule has 2 saturated heterocycles. The number of ether oxygens (including phenoxy) is 3. The highest BCUT2D eigenvalue weighted by molar-refractivity contribution is 5.87. The maximum atomic E-state index is 13.4. The highest BCUT2D eigenvalue weighted by atomic mass is 16.6. The molecule has 1 amide bonds. The molecular formula is C36H56N2O6. The van der Waals surface area contributed by atoms with Gasteiger partial charge in [0.2, 0.25) is 0 Å². The van der Waals surface area contributed by atoms with E-state index in [-0.39, 0.29) is 29.0 Å². The first-order valence-corrected chi connectivity index (χ1v) is 18.2. The molecule has 1 spiro atoms. The lowest BCUT2D eigenvalue weighted by molar-refractivity contribution is -0.151. The minimum absolute atomic E-state index is 0.0839. The Balaban J connectivity index is 0.992. The van der Waals surface area contributed by atoms with E-state index in [9.17, 15) is 14.4 Å². The number of amides is 1. The zero-order valence-corrected chi connectivity index (χ0v) is 27.4. The molecule has 2 heterocycles. The summed E-state index contributed by atoms with van der Waals surface area (Å²) in [7, 11) is 0. The minimum atomic E-state index is -0.434. The maximum absolute atomic E-state index is 13.4. The van der Waals surface area contributed by atoms with Crippen LogP contribution in [0.3, 0.4) is 0 Å². The van der Waals surface area contributed by atoms with Crippen LogP contribution in [0.4, 0.5) is 4.79 Å². The van der Waals surface area contributed by atoms with Crippen LogP contribution < -0.4 is 0 Å². The van der Waals surface area contributed by atoms with E-state index in [1.807, 2.05) is 4.90 Å². The van der Waals surface area contributed by atoms with Gasteiger partial charge >= 0.3 is 12.1 Å². The molecule has 7 aliphatic rings. The first-order chi connectivity index (χ1) is 21.2. The van der Waals surface area contributed by atoms with Crippen molar-refractivity contribution in [1.29, 1.82) is 0 Å². The third kappa shape index (κ3) is 5.73. The number of esters is 1. The van der Waals surface area contributed by atoms with Crippen molar-refractivity contribution in [3.8, 4) is 0 Å². The van der Waals surface area contributed by atoms with Crippen molar-refractivity contribution < 1.29 is 28.6 Å². The van der Waals surface area contributed by atoms with Crippen molar-refractivity contribution in [3.63, 3.8) is 0 Å². The van der Waals surface area contributed by atoms with Crippen LogP contribution in [0.2, 0.25) is 0 Å². The van der Waals surface area contributed by atoms with Gasteiger partial charge in [0.15, 0.2) is 0 Å². The molecule has 0 aromatic carbocycles. The fourth-order valence-electron chi connectivity index (χ4n) is 11.5. The summed E-state index contributed by atoms with van der Waals surface area (Å²) in [5, 5.41) is 0. The number of fused-ring (bicyclic) bond motifs is 5. The number of carbonyl (C=O) groups is 3. The van der Waals surface area contributed by atoms with Gasteiger partial charge in [0.1, 0.15) is 17.5 Å². The van der Waals surface area contributed by atoms with Crippen LogP contribution in [0.1, 0.15) is 110 Å². The van der Waals surface area contributed by atoms with Gasteiger partial charge in [-0.15, -0.1) is 0 Å². The summed E-state index contributed by atoms with van der Waals surface area (Å²) in [4.78, 5) is 43.4. The van der Waals surface area contributed by atoms with E-state index in [0.29, 0.717) is 74.6 Å². The van der Waals surface area contributed by atoms with Crippen molar-refractivity contribution in [2.45, 2.75) is 122 Å². The van der Waals surface area contributed by atoms with Gasteiger partial charge in [0, 0.05) is 37.9 Å². The lowest BCUT2D eigenvalue weighted by Crippen LogP contribution is -2.56. The largest absolute Gasteiger partial charge is 0.459 e. The van der Waals surface area contributed by atoms with Crippen LogP contribution in [0.5, 0.6) is 0 Å².